The summed E-state index contributed by atoms with van der Waals surface area (Å²) in [6, 6.07) is 14.6. The van der Waals surface area contributed by atoms with Crippen molar-refractivity contribution >= 4 is 34.5 Å². The minimum Gasteiger partial charge on any atom is -0.493 e. The third-order valence-corrected chi connectivity index (χ3v) is 5.74. The number of thioether (sulfide) groups is 1. The van der Waals surface area contributed by atoms with Gasteiger partial charge in [-0.25, -0.2) is 5.01 Å². The Morgan fingerprint density at radius 1 is 1.13 bits per heavy atom. The summed E-state index contributed by atoms with van der Waals surface area (Å²) >= 11 is 0.695. The molecule has 2 aliphatic heterocycles. The fourth-order valence-corrected chi connectivity index (χ4v) is 4.08. The van der Waals surface area contributed by atoms with Crippen LogP contribution in [-0.4, -0.2) is 42.0 Å². The third kappa shape index (κ3) is 4.17. The average Bonchev–Trinajstić information content (AvgIpc) is 3.37. The smallest absolute Gasteiger partial charge is 0.290 e. The zero-order valence-electron chi connectivity index (χ0n) is 16.8. The number of benzene rings is 2. The predicted molar refractivity (Wildman–Crippen MR) is 116 cm³/mol. The highest BCUT2D eigenvalue weighted by molar-refractivity contribution is 8.18. The first-order valence-corrected chi connectivity index (χ1v) is 10.2. The van der Waals surface area contributed by atoms with Gasteiger partial charge in [0, 0.05) is 12.5 Å². The van der Waals surface area contributed by atoms with E-state index in [0.717, 1.165) is 22.9 Å². The largest absolute Gasteiger partial charge is 0.493 e. The summed E-state index contributed by atoms with van der Waals surface area (Å²) in [6.07, 6.45) is 1.63. The highest BCUT2D eigenvalue weighted by atomic mass is 32.2. The molecule has 3 amide bonds. The van der Waals surface area contributed by atoms with Crippen LogP contribution in [0.2, 0.25) is 0 Å². The first-order chi connectivity index (χ1) is 15.0. The number of rotatable bonds is 5. The maximum absolute atomic E-state index is 13.1. The van der Waals surface area contributed by atoms with Crippen molar-refractivity contribution in [3.05, 3.63) is 70.6 Å². The zero-order chi connectivity index (χ0) is 22.0. The molecule has 0 spiro atoms. The maximum atomic E-state index is 13.1. The van der Waals surface area contributed by atoms with Crippen molar-refractivity contribution in [1.82, 2.24) is 10.3 Å². The van der Waals surface area contributed by atoms with Crippen LogP contribution in [0.1, 0.15) is 23.6 Å². The Bertz CT molecular complexity index is 1110. The first kappa shape index (κ1) is 20.7. The van der Waals surface area contributed by atoms with Crippen molar-refractivity contribution in [1.29, 1.82) is 0 Å². The summed E-state index contributed by atoms with van der Waals surface area (Å²) in [5.41, 5.74) is 2.45. The van der Waals surface area contributed by atoms with E-state index in [4.69, 9.17) is 9.47 Å². The van der Waals surface area contributed by atoms with E-state index >= 15 is 0 Å². The number of carbonyl (C=O) groups is 3. The van der Waals surface area contributed by atoms with E-state index in [2.05, 4.69) is 10.4 Å². The van der Waals surface area contributed by atoms with Crippen LogP contribution in [0.15, 0.2) is 64.6 Å². The Hall–Kier alpha value is -3.59. The molecular formula is C22H19N3O5S. The minimum absolute atomic E-state index is 0.0458. The summed E-state index contributed by atoms with van der Waals surface area (Å²) in [5.74, 6) is 0.0387. The summed E-state index contributed by atoms with van der Waals surface area (Å²) in [5, 5.41) is 7.54. The fourth-order valence-electron chi connectivity index (χ4n) is 3.44. The van der Waals surface area contributed by atoms with Gasteiger partial charge in [0.2, 0.25) is 0 Å². The third-order valence-electron chi connectivity index (χ3n) is 4.93. The molecule has 0 radical (unpaired) electrons. The normalized spacial score (nSPS) is 19.4. The quantitative estimate of drug-likeness (QED) is 0.722. The molecule has 4 rings (SSSR count). The van der Waals surface area contributed by atoms with E-state index < -0.39 is 23.1 Å². The SMILES string of the molecule is COc1ccc(C2CC(c3ccccc3)=NN2C(=O)/C=C2\SC(=O)NC2=O)cc1OC. The zero-order valence-corrected chi connectivity index (χ0v) is 17.6. The van der Waals surface area contributed by atoms with Crippen molar-refractivity contribution in [2.45, 2.75) is 12.5 Å². The molecule has 0 saturated carbocycles. The van der Waals surface area contributed by atoms with Gasteiger partial charge < -0.3 is 9.47 Å². The van der Waals surface area contributed by atoms with Gasteiger partial charge in [0.1, 0.15) is 0 Å². The van der Waals surface area contributed by atoms with Crippen LogP contribution in [0.4, 0.5) is 4.79 Å². The van der Waals surface area contributed by atoms with Gasteiger partial charge in [-0.15, -0.1) is 0 Å². The number of amides is 3. The van der Waals surface area contributed by atoms with Crippen LogP contribution in [0.5, 0.6) is 11.5 Å². The summed E-state index contributed by atoms with van der Waals surface area (Å²) in [7, 11) is 3.10. The lowest BCUT2D eigenvalue weighted by atomic mass is 9.98. The molecule has 2 heterocycles. The van der Waals surface area contributed by atoms with E-state index in [9.17, 15) is 14.4 Å². The van der Waals surface area contributed by atoms with E-state index in [1.807, 2.05) is 36.4 Å². The van der Waals surface area contributed by atoms with Gasteiger partial charge in [-0.3, -0.25) is 19.7 Å². The number of methoxy groups -OCH3 is 2. The van der Waals surface area contributed by atoms with Crippen LogP contribution in [-0.2, 0) is 9.59 Å². The van der Waals surface area contributed by atoms with Crippen LogP contribution in [0, 0.1) is 0 Å². The average molecular weight is 437 g/mol. The van der Waals surface area contributed by atoms with Gasteiger partial charge in [0.25, 0.3) is 17.1 Å². The molecule has 0 aliphatic carbocycles. The minimum atomic E-state index is -0.586. The topological polar surface area (TPSA) is 97.3 Å². The monoisotopic (exact) mass is 437 g/mol. The molecule has 2 aromatic carbocycles. The second-order valence-corrected chi connectivity index (χ2v) is 7.80. The molecule has 1 N–H and O–H groups in total. The van der Waals surface area contributed by atoms with Crippen molar-refractivity contribution in [3.8, 4) is 11.5 Å². The Kier molecular flexibility index (Phi) is 5.77. The second kappa shape index (κ2) is 8.65. The van der Waals surface area contributed by atoms with Gasteiger partial charge in [0.05, 0.1) is 30.9 Å². The summed E-state index contributed by atoms with van der Waals surface area (Å²) < 4.78 is 10.7. The van der Waals surface area contributed by atoms with E-state index in [-0.39, 0.29) is 4.91 Å². The lowest BCUT2D eigenvalue weighted by molar-refractivity contribution is -0.128. The molecule has 1 atom stereocenters. The maximum Gasteiger partial charge on any atom is 0.290 e. The molecular weight excluding hydrogens is 418 g/mol. The number of imide groups is 1. The van der Waals surface area contributed by atoms with Crippen LogP contribution in [0.3, 0.4) is 0 Å². The predicted octanol–water partition coefficient (Wildman–Crippen LogP) is 3.25. The Morgan fingerprint density at radius 3 is 2.52 bits per heavy atom. The van der Waals surface area contributed by atoms with Crippen molar-refractivity contribution in [3.63, 3.8) is 0 Å². The molecule has 1 unspecified atom stereocenters. The van der Waals surface area contributed by atoms with Gasteiger partial charge >= 0.3 is 0 Å². The number of nitrogens with one attached hydrogen (secondary N) is 1. The first-order valence-electron chi connectivity index (χ1n) is 9.43. The molecule has 158 valence electrons. The highest BCUT2D eigenvalue weighted by Gasteiger charge is 2.34. The Morgan fingerprint density at radius 2 is 1.87 bits per heavy atom. The van der Waals surface area contributed by atoms with Gasteiger partial charge in [-0.05, 0) is 35.0 Å². The molecule has 31 heavy (non-hydrogen) atoms. The lowest BCUT2D eigenvalue weighted by Gasteiger charge is -2.22. The molecule has 1 fully saturated rings. The number of ether oxygens (including phenoxy) is 2. The van der Waals surface area contributed by atoms with Crippen molar-refractivity contribution < 1.29 is 23.9 Å². The number of hydrazone groups is 1. The second-order valence-electron chi connectivity index (χ2n) is 6.78. The van der Waals surface area contributed by atoms with Crippen LogP contribution < -0.4 is 14.8 Å². The standard InChI is InChI=1S/C22H19N3O5S/c1-29-17-9-8-14(10-18(17)30-2)16-11-15(13-6-4-3-5-7-13)24-25(16)20(26)12-19-21(27)23-22(28)31-19/h3-10,12,16H,11H2,1-2H3,(H,23,27,28)/b19-12-. The Balaban J connectivity index is 1.71. The van der Waals surface area contributed by atoms with Gasteiger partial charge in [-0.1, -0.05) is 36.4 Å². The molecule has 0 aromatic heterocycles. The summed E-state index contributed by atoms with van der Waals surface area (Å²) in [6.45, 7) is 0. The number of hydrogen-bond donors (Lipinski definition) is 1. The number of hydrogen-bond acceptors (Lipinski definition) is 7. The fraction of sp³-hybridized carbons (Fsp3) is 0.182. The molecule has 2 aromatic rings. The summed E-state index contributed by atoms with van der Waals surface area (Å²) in [4.78, 5) is 36.4. The van der Waals surface area contributed by atoms with Gasteiger partial charge in [-0.2, -0.15) is 5.10 Å². The molecule has 2 aliphatic rings. The van der Waals surface area contributed by atoms with E-state index in [1.54, 1.807) is 26.4 Å². The van der Waals surface area contributed by atoms with E-state index in [0.29, 0.717) is 29.7 Å². The number of carbonyl (C=O) groups excluding carboxylic acids is 3. The lowest BCUT2D eigenvalue weighted by Crippen LogP contribution is -2.26. The molecule has 0 bridgehead atoms. The van der Waals surface area contributed by atoms with Gasteiger partial charge in [0.15, 0.2) is 11.5 Å². The van der Waals surface area contributed by atoms with Crippen LogP contribution in [0.25, 0.3) is 0 Å². The molecule has 8 nitrogen and oxygen atoms in total. The van der Waals surface area contributed by atoms with Crippen molar-refractivity contribution in [2.75, 3.05) is 14.2 Å². The molecule has 9 heteroatoms. The highest BCUT2D eigenvalue weighted by Crippen LogP contribution is 2.38. The number of nitrogens with zero attached hydrogens (tertiary/aromatic N) is 2. The van der Waals surface area contributed by atoms with Crippen LogP contribution >= 0.6 is 11.8 Å². The molecule has 1 saturated heterocycles. The van der Waals surface area contributed by atoms with E-state index in [1.165, 1.54) is 5.01 Å². The van der Waals surface area contributed by atoms with Crippen molar-refractivity contribution in [2.24, 2.45) is 5.10 Å². The Labute approximate surface area is 182 Å².